The molecule has 0 N–H and O–H groups in total. The minimum atomic E-state index is 0.707. The van der Waals surface area contributed by atoms with Gasteiger partial charge in [0, 0.05) is 32.9 Å². The summed E-state index contributed by atoms with van der Waals surface area (Å²) in [4.78, 5) is 0. The second kappa shape index (κ2) is 9.62. The van der Waals surface area contributed by atoms with Crippen molar-refractivity contribution >= 4 is 43.6 Å². The maximum absolute atomic E-state index is 6.68. The van der Waals surface area contributed by atoms with Crippen LogP contribution >= 0.6 is 0 Å². The molecule has 1 aliphatic heterocycles. The summed E-state index contributed by atoms with van der Waals surface area (Å²) < 4.78 is 17.9. The van der Waals surface area contributed by atoms with Gasteiger partial charge in [0.2, 0.25) is 0 Å². The number of aromatic nitrogens is 2. The number of ether oxygens (including phenoxy) is 2. The summed E-state index contributed by atoms with van der Waals surface area (Å²) in [6.07, 6.45) is 0. The SMILES string of the molecule is c1ccc(-c2cccc(-n3c4ccccc4c4ccc5c6ccc7c(c6n(-c6ccccc6)c5c43)Oc3ccccc3O7)c2)cc1. The first-order chi connectivity index (χ1) is 22.8. The quantitative estimate of drug-likeness (QED) is 0.205. The summed E-state index contributed by atoms with van der Waals surface area (Å²) in [6.45, 7) is 0. The Morgan fingerprint density at radius 3 is 1.76 bits per heavy atom. The van der Waals surface area contributed by atoms with Crippen molar-refractivity contribution < 1.29 is 9.47 Å². The smallest absolute Gasteiger partial charge is 0.194 e. The molecule has 10 rings (SSSR count). The molecule has 0 aliphatic carbocycles. The molecule has 2 aromatic heterocycles. The minimum Gasteiger partial charge on any atom is -0.449 e. The molecular formula is C42H26N2O2. The zero-order valence-corrected chi connectivity index (χ0v) is 24.7. The molecule has 4 heteroatoms. The summed E-state index contributed by atoms with van der Waals surface area (Å²) in [5.41, 5.74) is 8.95. The second-order valence-corrected chi connectivity index (χ2v) is 11.7. The second-order valence-electron chi connectivity index (χ2n) is 11.7. The van der Waals surface area contributed by atoms with E-state index in [0.29, 0.717) is 11.5 Å². The lowest BCUT2D eigenvalue weighted by molar-refractivity contribution is 0.362. The van der Waals surface area contributed by atoms with Crippen LogP contribution in [0.15, 0.2) is 158 Å². The predicted molar refractivity (Wildman–Crippen MR) is 187 cm³/mol. The van der Waals surface area contributed by atoms with Gasteiger partial charge in [-0.15, -0.1) is 0 Å². The summed E-state index contributed by atoms with van der Waals surface area (Å²) >= 11 is 0. The van der Waals surface area contributed by atoms with Crippen LogP contribution in [0, 0.1) is 0 Å². The van der Waals surface area contributed by atoms with Gasteiger partial charge in [0.05, 0.1) is 16.6 Å². The fourth-order valence-electron chi connectivity index (χ4n) is 7.17. The molecule has 0 amide bonds. The Labute approximate surface area is 264 Å². The van der Waals surface area contributed by atoms with Gasteiger partial charge in [0.15, 0.2) is 23.0 Å². The van der Waals surface area contributed by atoms with E-state index in [4.69, 9.17) is 9.47 Å². The van der Waals surface area contributed by atoms with Crippen molar-refractivity contribution in [2.75, 3.05) is 0 Å². The first-order valence-electron chi connectivity index (χ1n) is 15.5. The van der Waals surface area contributed by atoms with Crippen LogP contribution in [0.25, 0.3) is 66.1 Å². The van der Waals surface area contributed by atoms with Crippen molar-refractivity contribution in [1.82, 2.24) is 9.13 Å². The monoisotopic (exact) mass is 590 g/mol. The van der Waals surface area contributed by atoms with Crippen LogP contribution in [0.5, 0.6) is 23.0 Å². The fraction of sp³-hybridized carbons (Fsp3) is 0. The highest BCUT2D eigenvalue weighted by Crippen LogP contribution is 2.52. The van der Waals surface area contributed by atoms with E-state index in [1.165, 1.54) is 21.9 Å². The summed E-state index contributed by atoms with van der Waals surface area (Å²) in [6, 6.07) is 55.3. The van der Waals surface area contributed by atoms with Crippen LogP contribution in [0.2, 0.25) is 0 Å². The van der Waals surface area contributed by atoms with Gasteiger partial charge in [0.1, 0.15) is 5.52 Å². The van der Waals surface area contributed by atoms with Crippen molar-refractivity contribution in [1.29, 1.82) is 0 Å². The highest BCUT2D eigenvalue weighted by molar-refractivity contribution is 6.24. The van der Waals surface area contributed by atoms with E-state index in [-0.39, 0.29) is 0 Å². The number of nitrogens with zero attached hydrogens (tertiary/aromatic N) is 2. The summed E-state index contributed by atoms with van der Waals surface area (Å²) in [7, 11) is 0. The van der Waals surface area contributed by atoms with Crippen LogP contribution in [-0.4, -0.2) is 9.13 Å². The van der Waals surface area contributed by atoms with Crippen LogP contribution < -0.4 is 9.47 Å². The van der Waals surface area contributed by atoms with Gasteiger partial charge in [-0.1, -0.05) is 103 Å². The highest BCUT2D eigenvalue weighted by Gasteiger charge is 2.28. The molecule has 7 aromatic carbocycles. The van der Waals surface area contributed by atoms with E-state index < -0.39 is 0 Å². The first kappa shape index (κ1) is 25.1. The van der Waals surface area contributed by atoms with E-state index in [1.807, 2.05) is 30.3 Å². The zero-order chi connectivity index (χ0) is 30.2. The molecule has 0 radical (unpaired) electrons. The zero-order valence-electron chi connectivity index (χ0n) is 24.7. The number of rotatable bonds is 3. The molecule has 0 spiro atoms. The van der Waals surface area contributed by atoms with Gasteiger partial charge >= 0.3 is 0 Å². The van der Waals surface area contributed by atoms with E-state index >= 15 is 0 Å². The first-order valence-corrected chi connectivity index (χ1v) is 15.5. The number of para-hydroxylation sites is 4. The fourth-order valence-corrected chi connectivity index (χ4v) is 7.17. The molecule has 3 heterocycles. The minimum absolute atomic E-state index is 0.707. The summed E-state index contributed by atoms with van der Waals surface area (Å²) in [5, 5.41) is 4.67. The van der Waals surface area contributed by atoms with Gasteiger partial charge < -0.3 is 18.6 Å². The molecule has 0 saturated heterocycles. The Morgan fingerprint density at radius 1 is 0.348 bits per heavy atom. The normalized spacial score (nSPS) is 12.3. The third-order valence-corrected chi connectivity index (χ3v) is 9.15. The molecule has 1 aliphatic rings. The number of benzene rings is 7. The number of hydrogen-bond donors (Lipinski definition) is 0. The predicted octanol–water partition coefficient (Wildman–Crippen LogP) is 11.4. The Hall–Kier alpha value is -6.26. The number of fused-ring (bicyclic) bond motifs is 10. The van der Waals surface area contributed by atoms with Crippen LogP contribution in [-0.2, 0) is 0 Å². The third kappa shape index (κ3) is 3.55. The van der Waals surface area contributed by atoms with Crippen LogP contribution in [0.1, 0.15) is 0 Å². The van der Waals surface area contributed by atoms with E-state index in [9.17, 15) is 0 Å². The Kier molecular flexibility index (Phi) is 5.25. The summed E-state index contributed by atoms with van der Waals surface area (Å²) in [5.74, 6) is 2.86. The van der Waals surface area contributed by atoms with Crippen molar-refractivity contribution in [3.05, 3.63) is 158 Å². The maximum Gasteiger partial charge on any atom is 0.194 e. The molecule has 9 aromatic rings. The van der Waals surface area contributed by atoms with Crippen molar-refractivity contribution in [3.8, 4) is 45.5 Å². The molecular weight excluding hydrogens is 564 g/mol. The molecule has 0 saturated carbocycles. The van der Waals surface area contributed by atoms with Crippen LogP contribution in [0.4, 0.5) is 0 Å². The Morgan fingerprint density at radius 2 is 0.935 bits per heavy atom. The standard InChI is InChI=1S/C42H26N2O2/c1-3-12-27(13-4-1)28-14-11-17-30(26-28)43-35-19-8-7-18-31(35)32-22-23-33-34-24-25-38-42(46-37-21-10-9-20-36(37)45-38)41(34)44(40(33)39(32)43)29-15-5-2-6-16-29/h1-26H. The molecule has 4 nitrogen and oxygen atoms in total. The topological polar surface area (TPSA) is 28.3 Å². The number of hydrogen-bond acceptors (Lipinski definition) is 2. The molecule has 0 bridgehead atoms. The van der Waals surface area contributed by atoms with E-state index in [2.05, 4.69) is 137 Å². The van der Waals surface area contributed by atoms with Crippen molar-refractivity contribution in [2.45, 2.75) is 0 Å². The van der Waals surface area contributed by atoms with Gasteiger partial charge in [0.25, 0.3) is 0 Å². The van der Waals surface area contributed by atoms with E-state index in [1.54, 1.807) is 0 Å². The molecule has 0 unspecified atom stereocenters. The lowest BCUT2D eigenvalue weighted by Gasteiger charge is -2.22. The Balaban J connectivity index is 1.38. The van der Waals surface area contributed by atoms with Crippen molar-refractivity contribution in [3.63, 3.8) is 0 Å². The van der Waals surface area contributed by atoms with Gasteiger partial charge in [-0.2, -0.15) is 0 Å². The largest absolute Gasteiger partial charge is 0.449 e. The highest BCUT2D eigenvalue weighted by atomic mass is 16.6. The molecule has 216 valence electrons. The van der Waals surface area contributed by atoms with Crippen molar-refractivity contribution in [2.24, 2.45) is 0 Å². The lowest BCUT2D eigenvalue weighted by Crippen LogP contribution is -2.02. The Bertz CT molecular complexity index is 2630. The third-order valence-electron chi connectivity index (χ3n) is 9.15. The average molecular weight is 591 g/mol. The van der Waals surface area contributed by atoms with Gasteiger partial charge in [-0.3, -0.25) is 0 Å². The van der Waals surface area contributed by atoms with Gasteiger partial charge in [-0.25, -0.2) is 0 Å². The van der Waals surface area contributed by atoms with Gasteiger partial charge in [-0.05, 0) is 65.7 Å². The molecule has 46 heavy (non-hydrogen) atoms. The van der Waals surface area contributed by atoms with Crippen LogP contribution in [0.3, 0.4) is 0 Å². The van der Waals surface area contributed by atoms with E-state index in [0.717, 1.165) is 55.7 Å². The molecule has 0 atom stereocenters. The lowest BCUT2D eigenvalue weighted by atomic mass is 10.1. The molecule has 0 fully saturated rings. The maximum atomic E-state index is 6.68. The average Bonchev–Trinajstić information content (AvgIpc) is 3.65.